The van der Waals surface area contributed by atoms with Crippen LogP contribution in [0.2, 0.25) is 0 Å². The zero-order valence-corrected chi connectivity index (χ0v) is 9.50. The first-order chi connectivity index (χ1) is 7.69. The summed E-state index contributed by atoms with van der Waals surface area (Å²) in [7, 11) is 0. The molecule has 1 aliphatic carbocycles. The van der Waals surface area contributed by atoms with Crippen molar-refractivity contribution in [1.29, 1.82) is 0 Å². The van der Waals surface area contributed by atoms with E-state index in [-0.39, 0.29) is 17.5 Å². The second kappa shape index (κ2) is 3.67. The average Bonchev–Trinajstić information content (AvgIpc) is 2.82. The molecule has 90 valence electrons. The molecule has 0 aromatic carbocycles. The first kappa shape index (κ1) is 10.5. The van der Waals surface area contributed by atoms with Gasteiger partial charge in [0.15, 0.2) is 0 Å². The van der Waals surface area contributed by atoms with Gasteiger partial charge in [-0.2, -0.15) is 0 Å². The minimum Gasteiger partial charge on any atom is -0.391 e. The van der Waals surface area contributed by atoms with Crippen LogP contribution in [-0.4, -0.2) is 31.3 Å². The highest BCUT2D eigenvalue weighted by atomic mass is 19.1. The summed E-state index contributed by atoms with van der Waals surface area (Å²) in [5.74, 6) is 0.500. The van der Waals surface area contributed by atoms with Gasteiger partial charge in [-0.25, -0.2) is 9.38 Å². The summed E-state index contributed by atoms with van der Waals surface area (Å²) in [5, 5.41) is 3.34. The fraction of sp³-hybridized carbons (Fsp3) is 0.909. The maximum Gasteiger partial charge on any atom is 0.217 e. The third-order valence-corrected chi connectivity index (χ3v) is 3.97. The van der Waals surface area contributed by atoms with Gasteiger partial charge in [-0.05, 0) is 32.4 Å². The number of nitrogens with zero attached hydrogens (tertiary/aromatic N) is 1. The number of hydrogen-bond donors (Lipinski definition) is 2. The molecule has 4 nitrogen and oxygen atoms in total. The Bertz CT molecular complexity index is 314. The van der Waals surface area contributed by atoms with Gasteiger partial charge in [-0.3, -0.25) is 0 Å². The van der Waals surface area contributed by atoms with Crippen LogP contribution in [0.15, 0.2) is 4.99 Å². The Labute approximate surface area is 94.6 Å². The average molecular weight is 227 g/mol. The Morgan fingerprint density at radius 3 is 2.75 bits per heavy atom. The quantitative estimate of drug-likeness (QED) is 0.739. The molecule has 5 heteroatoms. The number of halogens is 1. The van der Waals surface area contributed by atoms with Gasteiger partial charge in [0.25, 0.3) is 0 Å². The van der Waals surface area contributed by atoms with Crippen molar-refractivity contribution < 1.29 is 9.23 Å². The Hall–Kier alpha value is -0.680. The van der Waals surface area contributed by atoms with Crippen molar-refractivity contribution in [2.75, 3.05) is 13.1 Å². The van der Waals surface area contributed by atoms with E-state index >= 15 is 0 Å². The molecule has 3 aliphatic rings. The first-order valence-corrected chi connectivity index (χ1v) is 6.04. The molecule has 3 rings (SSSR count). The lowest BCUT2D eigenvalue weighted by Crippen LogP contribution is -2.46. The standard InChI is InChI=1S/C11H18FN3O/c1-11(2-4-13-5-3-11)10-14-9(16-15-10)7-6-8(7)12/h7-8,10,13,15H,2-6H2,1H3. The third kappa shape index (κ3) is 1.72. The normalized spacial score (nSPS) is 41.4. The maximum absolute atomic E-state index is 12.9. The monoisotopic (exact) mass is 227 g/mol. The van der Waals surface area contributed by atoms with E-state index in [1.165, 1.54) is 0 Å². The molecule has 2 N–H and O–H groups in total. The van der Waals surface area contributed by atoms with Crippen molar-refractivity contribution in [3.63, 3.8) is 0 Å². The Morgan fingerprint density at radius 2 is 2.12 bits per heavy atom. The van der Waals surface area contributed by atoms with Gasteiger partial charge in [-0.15, -0.1) is 5.48 Å². The maximum atomic E-state index is 12.9. The summed E-state index contributed by atoms with van der Waals surface area (Å²) < 4.78 is 12.9. The van der Waals surface area contributed by atoms with Crippen molar-refractivity contribution >= 4 is 5.90 Å². The van der Waals surface area contributed by atoms with Crippen LogP contribution in [0.4, 0.5) is 4.39 Å². The zero-order valence-electron chi connectivity index (χ0n) is 9.50. The van der Waals surface area contributed by atoms with Gasteiger partial charge >= 0.3 is 0 Å². The van der Waals surface area contributed by atoms with Crippen LogP contribution in [0.3, 0.4) is 0 Å². The minimum absolute atomic E-state index is 0.00241. The third-order valence-electron chi connectivity index (χ3n) is 3.97. The lowest BCUT2D eigenvalue weighted by atomic mass is 9.78. The van der Waals surface area contributed by atoms with E-state index in [9.17, 15) is 4.39 Å². The van der Waals surface area contributed by atoms with E-state index in [4.69, 9.17) is 4.84 Å². The first-order valence-electron chi connectivity index (χ1n) is 6.04. The molecule has 2 aliphatic heterocycles. The van der Waals surface area contributed by atoms with Crippen LogP contribution < -0.4 is 10.8 Å². The molecule has 3 unspecified atom stereocenters. The molecule has 2 heterocycles. The molecule has 0 bridgehead atoms. The zero-order chi connectivity index (χ0) is 11.2. The van der Waals surface area contributed by atoms with Crippen molar-refractivity contribution in [2.45, 2.75) is 38.5 Å². The molecule has 1 saturated heterocycles. The summed E-state index contributed by atoms with van der Waals surface area (Å²) in [4.78, 5) is 9.83. The molecule has 16 heavy (non-hydrogen) atoms. The molecule has 0 spiro atoms. The van der Waals surface area contributed by atoms with Crippen LogP contribution in [0.25, 0.3) is 0 Å². The van der Waals surface area contributed by atoms with E-state index in [0.29, 0.717) is 12.3 Å². The smallest absolute Gasteiger partial charge is 0.217 e. The molecule has 2 fully saturated rings. The van der Waals surface area contributed by atoms with E-state index in [0.717, 1.165) is 25.9 Å². The number of rotatable bonds is 2. The summed E-state index contributed by atoms with van der Waals surface area (Å²) in [6.45, 7) is 4.27. The topological polar surface area (TPSA) is 45.6 Å². The van der Waals surface area contributed by atoms with Crippen molar-refractivity contribution in [2.24, 2.45) is 16.3 Å². The molecular weight excluding hydrogens is 209 g/mol. The predicted octanol–water partition coefficient (Wildman–Crippen LogP) is 0.993. The fourth-order valence-electron chi connectivity index (χ4n) is 2.46. The van der Waals surface area contributed by atoms with Crippen molar-refractivity contribution in [1.82, 2.24) is 10.8 Å². The van der Waals surface area contributed by atoms with Gasteiger partial charge < -0.3 is 10.2 Å². The van der Waals surface area contributed by atoms with E-state index in [1.54, 1.807) is 0 Å². The number of alkyl halides is 1. The second-order valence-corrected chi connectivity index (χ2v) is 5.35. The van der Waals surface area contributed by atoms with Crippen LogP contribution in [0.1, 0.15) is 26.2 Å². The van der Waals surface area contributed by atoms with Crippen LogP contribution in [-0.2, 0) is 4.84 Å². The van der Waals surface area contributed by atoms with Crippen LogP contribution in [0.5, 0.6) is 0 Å². The highest BCUT2D eigenvalue weighted by molar-refractivity contribution is 5.83. The highest BCUT2D eigenvalue weighted by Crippen LogP contribution is 2.40. The van der Waals surface area contributed by atoms with Crippen molar-refractivity contribution in [3.8, 4) is 0 Å². The molecule has 3 atom stereocenters. The summed E-state index contributed by atoms with van der Waals surface area (Å²) in [6, 6.07) is 0. The summed E-state index contributed by atoms with van der Waals surface area (Å²) in [6.07, 6.45) is 1.99. The Balaban J connectivity index is 1.69. The molecule has 0 amide bonds. The van der Waals surface area contributed by atoms with Crippen molar-refractivity contribution in [3.05, 3.63) is 0 Å². The number of piperidine rings is 1. The van der Waals surface area contributed by atoms with Crippen LogP contribution >= 0.6 is 0 Å². The minimum atomic E-state index is -0.736. The lowest BCUT2D eigenvalue weighted by molar-refractivity contribution is 0.0781. The number of hydroxylamine groups is 1. The predicted molar refractivity (Wildman–Crippen MR) is 58.7 cm³/mol. The largest absolute Gasteiger partial charge is 0.391 e. The lowest BCUT2D eigenvalue weighted by Gasteiger charge is -2.36. The number of hydrogen-bond acceptors (Lipinski definition) is 4. The highest BCUT2D eigenvalue weighted by Gasteiger charge is 2.48. The van der Waals surface area contributed by atoms with Crippen LogP contribution in [0, 0.1) is 11.3 Å². The number of aliphatic imine (C=N–C) groups is 1. The van der Waals surface area contributed by atoms with E-state index < -0.39 is 6.17 Å². The molecule has 0 aromatic rings. The van der Waals surface area contributed by atoms with E-state index in [1.807, 2.05) is 0 Å². The van der Waals surface area contributed by atoms with Gasteiger partial charge in [0.1, 0.15) is 12.3 Å². The second-order valence-electron chi connectivity index (χ2n) is 5.35. The van der Waals surface area contributed by atoms with E-state index in [2.05, 4.69) is 22.7 Å². The molecule has 0 radical (unpaired) electrons. The fourth-order valence-corrected chi connectivity index (χ4v) is 2.46. The Morgan fingerprint density at radius 1 is 1.44 bits per heavy atom. The van der Waals surface area contributed by atoms with Gasteiger partial charge in [0.2, 0.25) is 5.90 Å². The molecular formula is C11H18FN3O. The molecule has 1 saturated carbocycles. The molecule has 0 aromatic heterocycles. The SMILES string of the molecule is CC1(C2N=C(C3CC3F)ON2)CCNCC1. The summed E-state index contributed by atoms with van der Waals surface area (Å²) >= 11 is 0. The Kier molecular flexibility index (Phi) is 2.40. The van der Waals surface area contributed by atoms with Gasteiger partial charge in [-0.1, -0.05) is 6.92 Å². The van der Waals surface area contributed by atoms with Gasteiger partial charge in [0, 0.05) is 5.41 Å². The number of nitrogens with one attached hydrogen (secondary N) is 2. The summed E-state index contributed by atoms with van der Waals surface area (Å²) in [5.41, 5.74) is 3.09. The van der Waals surface area contributed by atoms with Gasteiger partial charge in [0.05, 0.1) is 5.92 Å².